The van der Waals surface area contributed by atoms with Crippen LogP contribution in [0.2, 0.25) is 10.0 Å². The van der Waals surface area contributed by atoms with Gasteiger partial charge in [-0.2, -0.15) is 0 Å². The van der Waals surface area contributed by atoms with Crippen molar-refractivity contribution in [1.29, 1.82) is 0 Å². The van der Waals surface area contributed by atoms with Gasteiger partial charge in [-0.3, -0.25) is 0 Å². The maximum Gasteiger partial charge on any atom is 0.336 e. The number of phenolic OH excluding ortho intramolecular Hbond substituents is 1. The molecule has 0 fully saturated rings. The van der Waals surface area contributed by atoms with Crippen molar-refractivity contribution < 1.29 is 9.84 Å². The molecule has 8 heteroatoms. The van der Waals surface area contributed by atoms with Crippen LogP contribution >= 0.6 is 23.2 Å². The number of aromatic nitrogens is 3. The van der Waals surface area contributed by atoms with E-state index in [4.69, 9.17) is 27.9 Å². The molecule has 1 N–H and O–H groups in total. The number of anilines is 1. The van der Waals surface area contributed by atoms with Crippen molar-refractivity contribution in [2.75, 3.05) is 19.0 Å². The first-order valence-corrected chi connectivity index (χ1v) is 8.47. The lowest BCUT2D eigenvalue weighted by atomic mass is 10.1. The minimum Gasteiger partial charge on any atom is -0.505 e. The number of hydrogen-bond acceptors (Lipinski definition) is 6. The highest BCUT2D eigenvalue weighted by molar-refractivity contribution is 6.37. The molecule has 134 valence electrons. The molecule has 1 aromatic heterocycles. The van der Waals surface area contributed by atoms with Crippen LogP contribution in [0.15, 0.2) is 42.6 Å². The summed E-state index contributed by atoms with van der Waals surface area (Å²) in [6.07, 6.45) is 1.51. The summed E-state index contributed by atoms with van der Waals surface area (Å²) >= 11 is 11.8. The van der Waals surface area contributed by atoms with Gasteiger partial charge in [-0.05, 0) is 29.8 Å². The van der Waals surface area contributed by atoms with E-state index in [-0.39, 0.29) is 21.8 Å². The number of nitrogens with zero attached hydrogens (tertiary/aromatic N) is 4. The maximum atomic E-state index is 9.62. The fourth-order valence-corrected chi connectivity index (χ4v) is 2.74. The number of phenols is 1. The molecule has 0 spiro atoms. The lowest BCUT2D eigenvalue weighted by Gasteiger charge is -2.13. The molecule has 0 aliphatic heterocycles. The van der Waals surface area contributed by atoms with Crippen molar-refractivity contribution in [2.24, 2.45) is 0 Å². The van der Waals surface area contributed by atoms with E-state index >= 15 is 0 Å². The van der Waals surface area contributed by atoms with Crippen LogP contribution in [-0.4, -0.2) is 34.4 Å². The van der Waals surface area contributed by atoms with Crippen LogP contribution in [0.3, 0.4) is 0 Å². The number of rotatable bonds is 5. The van der Waals surface area contributed by atoms with Crippen LogP contribution in [0.25, 0.3) is 11.3 Å². The Morgan fingerprint density at radius 2 is 1.81 bits per heavy atom. The number of hydrogen-bond donors (Lipinski definition) is 1. The minimum absolute atomic E-state index is 0.135. The number of halogens is 2. The van der Waals surface area contributed by atoms with E-state index in [0.29, 0.717) is 17.9 Å². The summed E-state index contributed by atoms with van der Waals surface area (Å²) in [7, 11) is 3.96. The zero-order valence-electron chi connectivity index (χ0n) is 14.1. The Hall–Kier alpha value is -2.57. The van der Waals surface area contributed by atoms with Gasteiger partial charge < -0.3 is 14.7 Å². The van der Waals surface area contributed by atoms with Gasteiger partial charge in [0, 0.05) is 25.3 Å². The van der Waals surface area contributed by atoms with E-state index in [0.717, 1.165) is 11.3 Å². The molecule has 0 bridgehead atoms. The third-order valence-corrected chi connectivity index (χ3v) is 4.22. The van der Waals surface area contributed by atoms with Gasteiger partial charge in [-0.25, -0.2) is 4.98 Å². The zero-order valence-corrected chi connectivity index (χ0v) is 15.7. The number of aromatic hydroxyl groups is 1. The summed E-state index contributed by atoms with van der Waals surface area (Å²) in [5, 5.41) is 17.9. The summed E-state index contributed by atoms with van der Waals surface area (Å²) in [5.74, 6) is -0.169. The van der Waals surface area contributed by atoms with E-state index in [1.165, 1.54) is 6.20 Å². The van der Waals surface area contributed by atoms with Crippen LogP contribution in [0.5, 0.6) is 11.8 Å². The smallest absolute Gasteiger partial charge is 0.336 e. The normalized spacial score (nSPS) is 10.6. The summed E-state index contributed by atoms with van der Waals surface area (Å²) in [6, 6.07) is 11.2. The molecule has 26 heavy (non-hydrogen) atoms. The zero-order chi connectivity index (χ0) is 18.7. The molecule has 0 amide bonds. The molecule has 0 aliphatic carbocycles. The van der Waals surface area contributed by atoms with E-state index < -0.39 is 0 Å². The lowest BCUT2D eigenvalue weighted by molar-refractivity contribution is 0.277. The molecule has 1 heterocycles. The second-order valence-corrected chi connectivity index (χ2v) is 6.58. The topological polar surface area (TPSA) is 71.4 Å². The van der Waals surface area contributed by atoms with Crippen LogP contribution in [0.1, 0.15) is 5.56 Å². The summed E-state index contributed by atoms with van der Waals surface area (Å²) < 4.78 is 5.59. The van der Waals surface area contributed by atoms with Crippen LogP contribution in [0, 0.1) is 0 Å². The van der Waals surface area contributed by atoms with Gasteiger partial charge in [0.1, 0.15) is 12.3 Å². The largest absolute Gasteiger partial charge is 0.505 e. The summed E-state index contributed by atoms with van der Waals surface area (Å²) in [6.45, 7) is 0.333. The predicted octanol–water partition coefficient (Wildman–Crippen LogP) is 4.20. The highest BCUT2D eigenvalue weighted by atomic mass is 35.5. The number of benzene rings is 2. The first kappa shape index (κ1) is 18.2. The third kappa shape index (κ3) is 4.15. The minimum atomic E-state index is -0.169. The quantitative estimate of drug-likeness (QED) is 0.703. The molecular formula is C18H16Cl2N4O2. The maximum absolute atomic E-state index is 9.62. The molecule has 3 rings (SSSR count). The molecule has 0 saturated heterocycles. The van der Waals surface area contributed by atoms with Crippen LogP contribution in [0.4, 0.5) is 5.69 Å². The standard InChI is InChI=1S/C18H16Cl2N4O2/c1-24(2)13-5-3-4-11(6-13)10-26-18-21-9-16(22-23-18)12-7-14(19)17(25)15(20)8-12/h3-9,25H,10H2,1-2H3. The molecule has 2 aromatic carbocycles. The first-order chi connectivity index (χ1) is 12.4. The second kappa shape index (κ2) is 7.76. The first-order valence-electron chi connectivity index (χ1n) is 7.71. The highest BCUT2D eigenvalue weighted by Crippen LogP contribution is 2.35. The van der Waals surface area contributed by atoms with Gasteiger partial charge in [-0.1, -0.05) is 40.4 Å². The fraction of sp³-hybridized carbons (Fsp3) is 0.167. The van der Waals surface area contributed by atoms with Gasteiger partial charge in [0.2, 0.25) is 0 Å². The average molecular weight is 391 g/mol. The van der Waals surface area contributed by atoms with Gasteiger partial charge in [-0.15, -0.1) is 5.10 Å². The third-order valence-electron chi connectivity index (χ3n) is 3.65. The van der Waals surface area contributed by atoms with Crippen molar-refractivity contribution in [3.8, 4) is 23.0 Å². The summed E-state index contributed by atoms with van der Waals surface area (Å²) in [5.41, 5.74) is 3.15. The van der Waals surface area contributed by atoms with Gasteiger partial charge in [0.25, 0.3) is 0 Å². The Labute approximate surface area is 161 Å². The van der Waals surface area contributed by atoms with Gasteiger partial charge >= 0.3 is 6.01 Å². The Kier molecular flexibility index (Phi) is 5.44. The van der Waals surface area contributed by atoms with E-state index in [2.05, 4.69) is 15.2 Å². The van der Waals surface area contributed by atoms with E-state index in [9.17, 15) is 5.11 Å². The van der Waals surface area contributed by atoms with E-state index in [1.807, 2.05) is 43.3 Å². The average Bonchev–Trinajstić information content (AvgIpc) is 2.64. The molecule has 0 aliphatic rings. The molecule has 0 atom stereocenters. The predicted molar refractivity (Wildman–Crippen MR) is 102 cm³/mol. The molecule has 0 radical (unpaired) electrons. The van der Waals surface area contributed by atoms with Crippen molar-refractivity contribution in [3.05, 3.63) is 58.2 Å². The molecule has 0 unspecified atom stereocenters. The van der Waals surface area contributed by atoms with Crippen LogP contribution < -0.4 is 9.64 Å². The molecule has 6 nitrogen and oxygen atoms in total. The number of ether oxygens (including phenoxy) is 1. The monoisotopic (exact) mass is 390 g/mol. The van der Waals surface area contributed by atoms with E-state index in [1.54, 1.807) is 12.1 Å². The summed E-state index contributed by atoms with van der Waals surface area (Å²) in [4.78, 5) is 6.17. The second-order valence-electron chi connectivity index (χ2n) is 5.77. The van der Waals surface area contributed by atoms with Crippen LogP contribution in [-0.2, 0) is 6.61 Å². The van der Waals surface area contributed by atoms with Crippen molar-refractivity contribution >= 4 is 28.9 Å². The Bertz CT molecular complexity index is 894. The fourth-order valence-electron chi connectivity index (χ4n) is 2.25. The van der Waals surface area contributed by atoms with Crippen molar-refractivity contribution in [1.82, 2.24) is 15.2 Å². The Balaban J connectivity index is 1.71. The SMILES string of the molecule is CN(C)c1cccc(COc2ncc(-c3cc(Cl)c(O)c(Cl)c3)nn2)c1. The Morgan fingerprint density at radius 1 is 1.08 bits per heavy atom. The van der Waals surface area contributed by atoms with Gasteiger partial charge in [0.15, 0.2) is 5.75 Å². The molecular weight excluding hydrogens is 375 g/mol. The molecule has 0 saturated carbocycles. The lowest BCUT2D eigenvalue weighted by Crippen LogP contribution is -2.09. The van der Waals surface area contributed by atoms with Crippen molar-refractivity contribution in [2.45, 2.75) is 6.61 Å². The van der Waals surface area contributed by atoms with Gasteiger partial charge in [0.05, 0.1) is 16.2 Å². The van der Waals surface area contributed by atoms with Crippen molar-refractivity contribution in [3.63, 3.8) is 0 Å². The molecule has 3 aromatic rings. The highest BCUT2D eigenvalue weighted by Gasteiger charge is 2.10. The Morgan fingerprint density at radius 3 is 2.42 bits per heavy atom.